The summed E-state index contributed by atoms with van der Waals surface area (Å²) < 4.78 is 29.6. The molecule has 168 valence electrons. The van der Waals surface area contributed by atoms with Crippen molar-refractivity contribution in [1.82, 2.24) is 14.3 Å². The van der Waals surface area contributed by atoms with Crippen LogP contribution >= 0.6 is 11.6 Å². The lowest BCUT2D eigenvalue weighted by molar-refractivity contribution is -0.131. The number of aryl methyl sites for hydroxylation is 1. The van der Waals surface area contributed by atoms with Gasteiger partial charge in [-0.1, -0.05) is 17.7 Å². The van der Waals surface area contributed by atoms with Crippen LogP contribution in [0.2, 0.25) is 5.02 Å². The molecule has 0 aliphatic heterocycles. The lowest BCUT2D eigenvalue weighted by Crippen LogP contribution is -2.26. The predicted molar refractivity (Wildman–Crippen MR) is 124 cm³/mol. The summed E-state index contributed by atoms with van der Waals surface area (Å²) in [6.07, 6.45) is 8.32. The van der Waals surface area contributed by atoms with Crippen molar-refractivity contribution in [2.45, 2.75) is 30.7 Å². The molecule has 0 aliphatic rings. The number of nitrogens with zero attached hydrogens (tertiary/aromatic N) is 2. The van der Waals surface area contributed by atoms with E-state index in [-0.39, 0.29) is 11.4 Å². The van der Waals surface area contributed by atoms with Gasteiger partial charge < -0.3 is 9.67 Å². The van der Waals surface area contributed by atoms with E-state index in [1.54, 1.807) is 12.3 Å². The average Bonchev–Trinajstić information content (AvgIpc) is 3.15. The molecule has 1 aromatic carbocycles. The van der Waals surface area contributed by atoms with Gasteiger partial charge in [0.15, 0.2) is 0 Å². The van der Waals surface area contributed by atoms with Crippen LogP contribution in [-0.2, 0) is 34.2 Å². The molecule has 0 atom stereocenters. The van der Waals surface area contributed by atoms with Crippen molar-refractivity contribution in [3.8, 4) is 0 Å². The van der Waals surface area contributed by atoms with Crippen molar-refractivity contribution >= 4 is 33.7 Å². The standard InChI is InChI=1S/C23H24ClN3O4S/c24-19-5-10-22(11-6-19)32(30,31)26-15-13-21-8-7-20(9-12-23(28)29)27(21)16-2-4-18-3-1-14-25-17-18/h1,3,5-12,14,17,26H,2,4,13,15-16H2,(H,28,29). The van der Waals surface area contributed by atoms with E-state index in [0.717, 1.165) is 35.9 Å². The zero-order valence-corrected chi connectivity index (χ0v) is 18.9. The van der Waals surface area contributed by atoms with Gasteiger partial charge in [-0.15, -0.1) is 0 Å². The fourth-order valence-electron chi connectivity index (χ4n) is 3.32. The second-order valence-electron chi connectivity index (χ2n) is 7.14. The number of benzene rings is 1. The van der Waals surface area contributed by atoms with Crippen molar-refractivity contribution in [1.29, 1.82) is 0 Å². The molecule has 0 radical (unpaired) electrons. The third kappa shape index (κ3) is 6.78. The highest BCUT2D eigenvalue weighted by molar-refractivity contribution is 7.89. The number of nitrogens with one attached hydrogen (secondary N) is 1. The number of carboxylic acids is 1. The molecule has 9 heteroatoms. The van der Waals surface area contributed by atoms with E-state index in [1.165, 1.54) is 24.3 Å². The van der Waals surface area contributed by atoms with E-state index in [1.807, 2.05) is 35.0 Å². The van der Waals surface area contributed by atoms with Crippen LogP contribution < -0.4 is 4.72 Å². The number of rotatable bonds is 11. The van der Waals surface area contributed by atoms with Crippen molar-refractivity contribution in [3.05, 3.63) is 89.0 Å². The molecule has 3 aromatic rings. The van der Waals surface area contributed by atoms with E-state index >= 15 is 0 Å². The Balaban J connectivity index is 1.67. The topological polar surface area (TPSA) is 101 Å². The highest BCUT2D eigenvalue weighted by Crippen LogP contribution is 2.16. The predicted octanol–water partition coefficient (Wildman–Crippen LogP) is 3.79. The van der Waals surface area contributed by atoms with Crippen LogP contribution in [-0.4, -0.2) is 35.6 Å². The Bertz CT molecular complexity index is 1170. The summed E-state index contributed by atoms with van der Waals surface area (Å²) in [6, 6.07) is 13.6. The second-order valence-corrected chi connectivity index (χ2v) is 9.34. The third-order valence-corrected chi connectivity index (χ3v) is 6.60. The first-order chi connectivity index (χ1) is 15.3. The molecule has 0 bridgehead atoms. The van der Waals surface area contributed by atoms with Crippen molar-refractivity contribution in [2.24, 2.45) is 0 Å². The summed E-state index contributed by atoms with van der Waals surface area (Å²) in [5.41, 5.74) is 2.80. The molecule has 3 rings (SSSR count). The van der Waals surface area contributed by atoms with E-state index in [0.29, 0.717) is 18.0 Å². The number of aromatic nitrogens is 2. The van der Waals surface area contributed by atoms with Gasteiger partial charge in [0.1, 0.15) is 0 Å². The van der Waals surface area contributed by atoms with Crippen LogP contribution in [0.1, 0.15) is 23.4 Å². The Morgan fingerprint density at radius 1 is 1.12 bits per heavy atom. The molecule has 7 nitrogen and oxygen atoms in total. The Morgan fingerprint density at radius 2 is 1.91 bits per heavy atom. The van der Waals surface area contributed by atoms with Crippen LogP contribution in [0.15, 0.2) is 71.9 Å². The van der Waals surface area contributed by atoms with Gasteiger partial charge in [0.2, 0.25) is 10.0 Å². The smallest absolute Gasteiger partial charge is 0.328 e. The van der Waals surface area contributed by atoms with Gasteiger partial charge >= 0.3 is 5.97 Å². The molecule has 0 spiro atoms. The summed E-state index contributed by atoms with van der Waals surface area (Å²) in [6.45, 7) is 0.875. The molecule has 2 heterocycles. The van der Waals surface area contributed by atoms with Crippen molar-refractivity contribution < 1.29 is 18.3 Å². The first-order valence-electron chi connectivity index (χ1n) is 10.1. The molecule has 2 N–H and O–H groups in total. The monoisotopic (exact) mass is 473 g/mol. The fourth-order valence-corrected chi connectivity index (χ4v) is 4.48. The molecule has 0 saturated heterocycles. The molecular weight excluding hydrogens is 450 g/mol. The van der Waals surface area contributed by atoms with Crippen molar-refractivity contribution in [3.63, 3.8) is 0 Å². The van der Waals surface area contributed by atoms with Gasteiger partial charge in [0.25, 0.3) is 0 Å². The maximum Gasteiger partial charge on any atom is 0.328 e. The third-order valence-electron chi connectivity index (χ3n) is 4.87. The quantitative estimate of drug-likeness (QED) is 0.412. The zero-order valence-electron chi connectivity index (χ0n) is 17.3. The lowest BCUT2D eigenvalue weighted by atomic mass is 10.1. The number of aliphatic carboxylic acids is 1. The summed E-state index contributed by atoms with van der Waals surface area (Å²) in [7, 11) is -3.64. The largest absolute Gasteiger partial charge is 0.478 e. The minimum absolute atomic E-state index is 0.152. The van der Waals surface area contributed by atoms with Gasteiger partial charge in [-0.3, -0.25) is 4.98 Å². The van der Waals surface area contributed by atoms with E-state index < -0.39 is 16.0 Å². The minimum atomic E-state index is -3.64. The molecule has 0 aliphatic carbocycles. The van der Waals surface area contributed by atoms with Crippen LogP contribution in [0.3, 0.4) is 0 Å². The Kier molecular flexibility index (Phi) is 8.21. The first kappa shape index (κ1) is 23.7. The van der Waals surface area contributed by atoms with Crippen LogP contribution in [0, 0.1) is 0 Å². The number of pyridine rings is 1. The van der Waals surface area contributed by atoms with Gasteiger partial charge in [0.05, 0.1) is 4.90 Å². The summed E-state index contributed by atoms with van der Waals surface area (Å²) in [4.78, 5) is 15.2. The lowest BCUT2D eigenvalue weighted by Gasteiger charge is -2.13. The normalized spacial score (nSPS) is 11.8. The zero-order chi connectivity index (χ0) is 23.0. The number of carbonyl (C=O) groups is 1. The molecule has 2 aromatic heterocycles. The summed E-state index contributed by atoms with van der Waals surface area (Å²) >= 11 is 5.83. The Hall–Kier alpha value is -2.94. The Morgan fingerprint density at radius 3 is 2.59 bits per heavy atom. The van der Waals surface area contributed by atoms with Gasteiger partial charge in [-0.05, 0) is 66.9 Å². The number of sulfonamides is 1. The number of hydrogen-bond acceptors (Lipinski definition) is 4. The van der Waals surface area contributed by atoms with Crippen LogP contribution in [0.4, 0.5) is 0 Å². The van der Waals surface area contributed by atoms with Gasteiger partial charge in [0, 0.05) is 54.4 Å². The molecule has 0 amide bonds. The van der Waals surface area contributed by atoms with Gasteiger partial charge in [-0.25, -0.2) is 17.9 Å². The molecule has 0 saturated carbocycles. The minimum Gasteiger partial charge on any atom is -0.478 e. The highest BCUT2D eigenvalue weighted by Gasteiger charge is 2.14. The molecule has 0 unspecified atom stereocenters. The number of hydrogen-bond donors (Lipinski definition) is 2. The maximum atomic E-state index is 12.5. The van der Waals surface area contributed by atoms with Crippen molar-refractivity contribution in [2.75, 3.05) is 6.54 Å². The molecule has 32 heavy (non-hydrogen) atoms. The average molecular weight is 474 g/mol. The number of halogens is 1. The van der Waals surface area contributed by atoms with E-state index in [9.17, 15) is 13.2 Å². The Labute approximate surface area is 192 Å². The van der Waals surface area contributed by atoms with Crippen LogP contribution in [0.25, 0.3) is 6.08 Å². The van der Waals surface area contributed by atoms with E-state index in [4.69, 9.17) is 16.7 Å². The second kappa shape index (κ2) is 11.1. The first-order valence-corrected chi connectivity index (χ1v) is 11.9. The SMILES string of the molecule is O=C(O)C=Cc1ccc(CCNS(=O)(=O)c2ccc(Cl)cc2)n1CCCc1cccnc1. The summed E-state index contributed by atoms with van der Waals surface area (Å²) in [5, 5.41) is 9.43. The van der Waals surface area contributed by atoms with Crippen LogP contribution in [0.5, 0.6) is 0 Å². The maximum absolute atomic E-state index is 12.5. The highest BCUT2D eigenvalue weighted by atomic mass is 35.5. The molecule has 0 fully saturated rings. The molecular formula is C23H24ClN3O4S. The number of carboxylic acid groups (broad SMARTS) is 1. The summed E-state index contributed by atoms with van der Waals surface area (Å²) in [5.74, 6) is -1.02. The van der Waals surface area contributed by atoms with E-state index in [2.05, 4.69) is 9.71 Å². The fraction of sp³-hybridized carbons (Fsp3) is 0.217. The van der Waals surface area contributed by atoms with Gasteiger partial charge in [-0.2, -0.15) is 0 Å².